The van der Waals surface area contributed by atoms with E-state index in [9.17, 15) is 8.42 Å². The van der Waals surface area contributed by atoms with Crippen LogP contribution in [0.2, 0.25) is 10.0 Å². The van der Waals surface area contributed by atoms with Gasteiger partial charge in [-0.25, -0.2) is 13.1 Å². The standard InChI is InChI=1S/C9H12Cl2N2O2S.ClH/c10-7-3-1-4-8(11)9(7)16(14,15)13-6-2-5-12;/h1,3-4,13H,2,5-6,12H2;1H. The Kier molecular flexibility index (Phi) is 7.39. The Morgan fingerprint density at radius 3 is 2.24 bits per heavy atom. The van der Waals surface area contributed by atoms with Crippen molar-refractivity contribution in [2.24, 2.45) is 5.73 Å². The quantitative estimate of drug-likeness (QED) is 0.816. The lowest BCUT2D eigenvalue weighted by molar-refractivity contribution is 0.579. The normalized spacial score (nSPS) is 11.0. The van der Waals surface area contributed by atoms with Crippen LogP contribution >= 0.6 is 35.6 Å². The third kappa shape index (κ3) is 4.62. The van der Waals surface area contributed by atoms with Gasteiger partial charge in [-0.3, -0.25) is 0 Å². The molecule has 4 nitrogen and oxygen atoms in total. The van der Waals surface area contributed by atoms with Gasteiger partial charge < -0.3 is 5.73 Å². The van der Waals surface area contributed by atoms with Crippen molar-refractivity contribution in [3.63, 3.8) is 0 Å². The van der Waals surface area contributed by atoms with E-state index in [2.05, 4.69) is 4.72 Å². The van der Waals surface area contributed by atoms with Crippen LogP contribution in [0.15, 0.2) is 23.1 Å². The summed E-state index contributed by atoms with van der Waals surface area (Å²) < 4.78 is 26.0. The molecule has 98 valence electrons. The zero-order valence-electron chi connectivity index (χ0n) is 8.82. The van der Waals surface area contributed by atoms with Crippen LogP contribution in [0, 0.1) is 0 Å². The SMILES string of the molecule is Cl.NCCCNS(=O)(=O)c1c(Cl)cccc1Cl. The highest BCUT2D eigenvalue weighted by Crippen LogP contribution is 2.28. The van der Waals surface area contributed by atoms with Gasteiger partial charge in [0.25, 0.3) is 0 Å². The molecule has 0 radical (unpaired) electrons. The predicted octanol–water partition coefficient (Wildman–Crippen LogP) is 2.04. The van der Waals surface area contributed by atoms with Crippen LogP contribution in [-0.4, -0.2) is 21.5 Å². The summed E-state index contributed by atoms with van der Waals surface area (Å²) >= 11 is 11.6. The Bertz CT molecular complexity index is 445. The Morgan fingerprint density at radius 1 is 1.24 bits per heavy atom. The molecule has 0 aliphatic rings. The average molecular weight is 320 g/mol. The lowest BCUT2D eigenvalue weighted by Gasteiger charge is -2.09. The van der Waals surface area contributed by atoms with Crippen LogP contribution < -0.4 is 10.5 Å². The zero-order valence-corrected chi connectivity index (χ0v) is 12.0. The lowest BCUT2D eigenvalue weighted by atomic mass is 10.4. The Labute approximate surface area is 117 Å². The van der Waals surface area contributed by atoms with Gasteiger partial charge in [0.15, 0.2) is 0 Å². The molecule has 0 spiro atoms. The van der Waals surface area contributed by atoms with Crippen LogP contribution in [0.1, 0.15) is 6.42 Å². The van der Waals surface area contributed by atoms with Crippen molar-refractivity contribution >= 4 is 45.6 Å². The topological polar surface area (TPSA) is 72.2 Å². The molecule has 0 aliphatic carbocycles. The van der Waals surface area contributed by atoms with E-state index in [0.717, 1.165) is 0 Å². The summed E-state index contributed by atoms with van der Waals surface area (Å²) in [5, 5.41) is 0.209. The maximum Gasteiger partial charge on any atom is 0.243 e. The van der Waals surface area contributed by atoms with Crippen LogP contribution in [-0.2, 0) is 10.0 Å². The largest absolute Gasteiger partial charge is 0.330 e. The fourth-order valence-corrected chi connectivity index (χ4v) is 3.33. The minimum atomic E-state index is -3.66. The molecule has 0 amide bonds. The highest BCUT2D eigenvalue weighted by molar-refractivity contribution is 7.89. The van der Waals surface area contributed by atoms with Gasteiger partial charge in [-0.15, -0.1) is 12.4 Å². The van der Waals surface area contributed by atoms with Crippen LogP contribution in [0.5, 0.6) is 0 Å². The first-order valence-corrected chi connectivity index (χ1v) is 6.86. The van der Waals surface area contributed by atoms with Crippen LogP contribution in [0.25, 0.3) is 0 Å². The molecule has 0 saturated heterocycles. The number of sulfonamides is 1. The van der Waals surface area contributed by atoms with Crippen LogP contribution in [0.4, 0.5) is 0 Å². The molecule has 0 aromatic heterocycles. The van der Waals surface area contributed by atoms with E-state index in [4.69, 9.17) is 28.9 Å². The maximum absolute atomic E-state index is 11.8. The third-order valence-corrected chi connectivity index (χ3v) is 4.28. The summed E-state index contributed by atoms with van der Waals surface area (Å²) in [4.78, 5) is -0.0876. The second-order valence-corrected chi connectivity index (χ2v) is 5.61. The molecule has 1 aromatic carbocycles. The number of benzene rings is 1. The summed E-state index contributed by atoms with van der Waals surface area (Å²) in [6, 6.07) is 4.54. The summed E-state index contributed by atoms with van der Waals surface area (Å²) in [5.74, 6) is 0. The van der Waals surface area contributed by atoms with E-state index >= 15 is 0 Å². The summed E-state index contributed by atoms with van der Waals surface area (Å²) in [7, 11) is -3.66. The third-order valence-electron chi connectivity index (χ3n) is 1.86. The van der Waals surface area contributed by atoms with Gasteiger partial charge in [0, 0.05) is 6.54 Å². The van der Waals surface area contributed by atoms with Gasteiger partial charge >= 0.3 is 0 Å². The average Bonchev–Trinajstić information content (AvgIpc) is 2.17. The zero-order chi connectivity index (χ0) is 12.2. The molecule has 8 heteroatoms. The van der Waals surface area contributed by atoms with Gasteiger partial charge in [0.2, 0.25) is 10.0 Å². The Balaban J connectivity index is 0.00000256. The first kappa shape index (κ1) is 17.0. The van der Waals surface area contributed by atoms with Crippen molar-refractivity contribution in [3.8, 4) is 0 Å². The predicted molar refractivity (Wildman–Crippen MR) is 72.6 cm³/mol. The molecule has 0 bridgehead atoms. The van der Waals surface area contributed by atoms with Crippen molar-refractivity contribution in [1.82, 2.24) is 4.72 Å². The molecule has 3 N–H and O–H groups in total. The van der Waals surface area contributed by atoms with Crippen LogP contribution in [0.3, 0.4) is 0 Å². The van der Waals surface area contributed by atoms with Gasteiger partial charge in [-0.1, -0.05) is 29.3 Å². The molecular formula is C9H13Cl3N2O2S. The van der Waals surface area contributed by atoms with E-state index < -0.39 is 10.0 Å². The molecular weight excluding hydrogens is 307 g/mol. The first-order chi connectivity index (χ1) is 7.49. The summed E-state index contributed by atoms with van der Waals surface area (Å²) in [6.45, 7) is 0.680. The molecule has 0 atom stereocenters. The maximum atomic E-state index is 11.8. The fourth-order valence-electron chi connectivity index (χ4n) is 1.12. The van der Waals surface area contributed by atoms with E-state index in [1.165, 1.54) is 12.1 Å². The fraction of sp³-hybridized carbons (Fsp3) is 0.333. The second-order valence-electron chi connectivity index (χ2n) is 3.09. The van der Waals surface area contributed by atoms with E-state index in [-0.39, 0.29) is 33.9 Å². The summed E-state index contributed by atoms with van der Waals surface area (Å²) in [6.07, 6.45) is 0.557. The molecule has 1 aromatic rings. The van der Waals surface area contributed by atoms with E-state index in [0.29, 0.717) is 13.0 Å². The van der Waals surface area contributed by atoms with E-state index in [1.54, 1.807) is 6.07 Å². The number of rotatable bonds is 5. The first-order valence-electron chi connectivity index (χ1n) is 4.63. The van der Waals surface area contributed by atoms with E-state index in [1.807, 2.05) is 0 Å². The second kappa shape index (κ2) is 7.41. The number of hydrogen-bond acceptors (Lipinski definition) is 3. The van der Waals surface area contributed by atoms with Gasteiger partial charge in [-0.2, -0.15) is 0 Å². The smallest absolute Gasteiger partial charge is 0.243 e. The van der Waals surface area contributed by atoms with Crippen molar-refractivity contribution in [2.45, 2.75) is 11.3 Å². The summed E-state index contributed by atoms with van der Waals surface area (Å²) in [5.41, 5.74) is 5.27. The van der Waals surface area contributed by atoms with Crippen molar-refractivity contribution in [2.75, 3.05) is 13.1 Å². The molecule has 0 unspecified atom stereocenters. The van der Waals surface area contributed by atoms with Crippen molar-refractivity contribution in [1.29, 1.82) is 0 Å². The molecule has 0 fully saturated rings. The van der Waals surface area contributed by atoms with Gasteiger partial charge in [0.05, 0.1) is 10.0 Å². The van der Waals surface area contributed by atoms with Gasteiger partial charge in [0.1, 0.15) is 4.90 Å². The molecule has 0 saturated carbocycles. The van der Waals surface area contributed by atoms with Gasteiger partial charge in [-0.05, 0) is 25.1 Å². The Morgan fingerprint density at radius 2 is 1.76 bits per heavy atom. The molecule has 0 heterocycles. The molecule has 1 rings (SSSR count). The molecule has 17 heavy (non-hydrogen) atoms. The number of nitrogens with two attached hydrogens (primary N) is 1. The minimum Gasteiger partial charge on any atom is -0.330 e. The Hall–Kier alpha value is -0.0400. The number of halogens is 3. The number of hydrogen-bond donors (Lipinski definition) is 2. The lowest BCUT2D eigenvalue weighted by Crippen LogP contribution is -2.26. The molecule has 0 aliphatic heterocycles. The highest BCUT2D eigenvalue weighted by Gasteiger charge is 2.20. The number of nitrogens with one attached hydrogen (secondary N) is 1. The van der Waals surface area contributed by atoms with Crippen molar-refractivity contribution < 1.29 is 8.42 Å². The monoisotopic (exact) mass is 318 g/mol. The van der Waals surface area contributed by atoms with Crippen molar-refractivity contribution in [3.05, 3.63) is 28.2 Å². The highest BCUT2D eigenvalue weighted by atomic mass is 35.5. The minimum absolute atomic E-state index is 0.